The Balaban J connectivity index is 2.03. The van der Waals surface area contributed by atoms with Gasteiger partial charge in [0.05, 0.1) is 36.9 Å². The normalized spacial score (nSPS) is 21.4. The molecule has 7 heteroatoms. The molecule has 1 amide bonds. The topological polar surface area (TPSA) is 80.5 Å². The Morgan fingerprint density at radius 1 is 1.39 bits per heavy atom. The molecule has 3 rings (SSSR count). The molecule has 0 aliphatic carbocycles. The van der Waals surface area contributed by atoms with Crippen molar-refractivity contribution in [1.82, 2.24) is 19.9 Å². The van der Waals surface area contributed by atoms with Gasteiger partial charge in [-0.2, -0.15) is 15.0 Å². The molecule has 2 atom stereocenters. The van der Waals surface area contributed by atoms with Crippen molar-refractivity contribution in [3.05, 3.63) is 41.7 Å². The van der Waals surface area contributed by atoms with E-state index in [0.717, 1.165) is 12.0 Å². The number of rotatable bonds is 3. The van der Waals surface area contributed by atoms with Crippen molar-refractivity contribution >= 4 is 5.91 Å². The number of nitrogens with zero attached hydrogens (tertiary/aromatic N) is 4. The average molecular weight is 316 g/mol. The highest BCUT2D eigenvalue weighted by atomic mass is 16.5. The molecule has 1 fully saturated rings. The second-order valence-corrected chi connectivity index (χ2v) is 5.70. The second-order valence-electron chi connectivity index (χ2n) is 5.70. The smallest absolute Gasteiger partial charge is 0.258 e. The molecule has 7 nitrogen and oxygen atoms in total. The van der Waals surface area contributed by atoms with Crippen molar-refractivity contribution < 1.29 is 14.6 Å². The van der Waals surface area contributed by atoms with Crippen molar-refractivity contribution in [1.29, 1.82) is 0 Å². The van der Waals surface area contributed by atoms with Crippen LogP contribution in [0.5, 0.6) is 0 Å². The lowest BCUT2D eigenvalue weighted by Gasteiger charge is -2.39. The van der Waals surface area contributed by atoms with Crippen LogP contribution in [-0.4, -0.2) is 56.4 Å². The maximum Gasteiger partial charge on any atom is 0.258 e. The Morgan fingerprint density at radius 3 is 2.83 bits per heavy atom. The summed E-state index contributed by atoms with van der Waals surface area (Å²) >= 11 is 0. The van der Waals surface area contributed by atoms with E-state index in [0.29, 0.717) is 17.9 Å². The molecular weight excluding hydrogens is 296 g/mol. The van der Waals surface area contributed by atoms with E-state index in [9.17, 15) is 9.90 Å². The molecule has 1 aromatic carbocycles. The Bertz CT molecular complexity index is 687. The van der Waals surface area contributed by atoms with Crippen LogP contribution < -0.4 is 0 Å². The maximum absolute atomic E-state index is 13.1. The fraction of sp³-hybridized carbons (Fsp3) is 0.438. The van der Waals surface area contributed by atoms with Gasteiger partial charge in [-0.15, -0.1) is 0 Å². The van der Waals surface area contributed by atoms with Crippen LogP contribution in [0.2, 0.25) is 0 Å². The predicted octanol–water partition coefficient (Wildman–Crippen LogP) is 1.15. The van der Waals surface area contributed by atoms with Crippen LogP contribution in [0.15, 0.2) is 30.6 Å². The molecule has 0 bridgehead atoms. The van der Waals surface area contributed by atoms with Gasteiger partial charge in [0.2, 0.25) is 0 Å². The van der Waals surface area contributed by atoms with Gasteiger partial charge >= 0.3 is 0 Å². The van der Waals surface area contributed by atoms with Crippen molar-refractivity contribution in [2.75, 3.05) is 13.2 Å². The third kappa shape index (κ3) is 2.97. The largest absolute Gasteiger partial charge is 0.392 e. The summed E-state index contributed by atoms with van der Waals surface area (Å²) in [6.07, 6.45) is 3.25. The minimum atomic E-state index is -0.620. The van der Waals surface area contributed by atoms with Crippen molar-refractivity contribution in [3.8, 4) is 5.69 Å². The zero-order chi connectivity index (χ0) is 16.4. The Morgan fingerprint density at radius 2 is 2.13 bits per heavy atom. The van der Waals surface area contributed by atoms with E-state index in [-0.39, 0.29) is 18.6 Å². The summed E-state index contributed by atoms with van der Waals surface area (Å²) in [4.78, 5) is 16.1. The number of aromatic nitrogens is 3. The summed E-state index contributed by atoms with van der Waals surface area (Å²) < 4.78 is 5.53. The van der Waals surface area contributed by atoms with E-state index >= 15 is 0 Å². The van der Waals surface area contributed by atoms with Crippen molar-refractivity contribution in [3.63, 3.8) is 0 Å². The highest BCUT2D eigenvalue weighted by Crippen LogP contribution is 2.24. The van der Waals surface area contributed by atoms with E-state index in [2.05, 4.69) is 10.2 Å². The number of hydrogen-bond donors (Lipinski definition) is 1. The van der Waals surface area contributed by atoms with Gasteiger partial charge in [-0.3, -0.25) is 4.79 Å². The van der Waals surface area contributed by atoms with Crippen LogP contribution in [0.3, 0.4) is 0 Å². The average Bonchev–Trinajstić information content (AvgIpc) is 3.08. The lowest BCUT2D eigenvalue weighted by atomic mass is 10.1. The van der Waals surface area contributed by atoms with E-state index in [1.54, 1.807) is 17.3 Å². The highest BCUT2D eigenvalue weighted by Gasteiger charge is 2.34. The number of aliphatic hydroxyl groups excluding tert-OH is 1. The SMILES string of the molecule is Cc1ccc(-n2nccn2)c(C(=O)N2[C@H](CO)OCC[C@@H]2C)c1. The maximum atomic E-state index is 13.1. The molecule has 122 valence electrons. The van der Waals surface area contributed by atoms with Crippen molar-refractivity contribution in [2.24, 2.45) is 0 Å². The Hall–Kier alpha value is -2.25. The van der Waals surface area contributed by atoms with Crippen molar-refractivity contribution in [2.45, 2.75) is 32.5 Å². The Kier molecular flexibility index (Phi) is 4.40. The fourth-order valence-corrected chi connectivity index (χ4v) is 2.82. The third-order valence-electron chi connectivity index (χ3n) is 4.04. The quantitative estimate of drug-likeness (QED) is 0.918. The van der Waals surface area contributed by atoms with Gasteiger partial charge in [-0.1, -0.05) is 11.6 Å². The molecule has 1 saturated heterocycles. The van der Waals surface area contributed by atoms with E-state index in [1.165, 1.54) is 4.80 Å². The number of hydrogen-bond acceptors (Lipinski definition) is 5. The Labute approximate surface area is 134 Å². The summed E-state index contributed by atoms with van der Waals surface area (Å²) in [6.45, 7) is 4.20. The van der Waals surface area contributed by atoms with Crippen LogP contribution in [0.4, 0.5) is 0 Å². The molecule has 0 spiro atoms. The van der Waals surface area contributed by atoms with Gasteiger partial charge in [0, 0.05) is 6.04 Å². The molecule has 23 heavy (non-hydrogen) atoms. The standard InChI is InChI=1S/C16H20N4O3/c1-11-3-4-14(20-17-6-7-18-20)13(9-11)16(22)19-12(2)5-8-23-15(19)10-21/h3-4,6-7,9,12,15,21H,5,8,10H2,1-2H3/t12-,15-/m0/s1. The number of carbonyl (C=O) groups excluding carboxylic acids is 1. The number of aliphatic hydroxyl groups is 1. The van der Waals surface area contributed by atoms with Gasteiger partial charge in [0.15, 0.2) is 6.23 Å². The van der Waals surface area contributed by atoms with Crippen LogP contribution in [0.1, 0.15) is 29.3 Å². The van der Waals surface area contributed by atoms with Crippen LogP contribution in [0.25, 0.3) is 5.69 Å². The first-order chi connectivity index (χ1) is 11.1. The lowest BCUT2D eigenvalue weighted by molar-refractivity contribution is -0.118. The van der Waals surface area contributed by atoms with Gasteiger partial charge in [0.1, 0.15) is 0 Å². The van der Waals surface area contributed by atoms with Gasteiger partial charge in [-0.25, -0.2) is 0 Å². The van der Waals surface area contributed by atoms with Crippen LogP contribution >= 0.6 is 0 Å². The molecule has 1 aliphatic rings. The van der Waals surface area contributed by atoms with Gasteiger partial charge < -0.3 is 14.7 Å². The van der Waals surface area contributed by atoms with Gasteiger partial charge in [-0.05, 0) is 32.4 Å². The molecule has 0 unspecified atom stereocenters. The summed E-state index contributed by atoms with van der Waals surface area (Å²) in [5.74, 6) is -0.188. The molecular formula is C16H20N4O3. The number of ether oxygens (including phenoxy) is 1. The molecule has 1 N–H and O–H groups in total. The highest BCUT2D eigenvalue weighted by molar-refractivity contribution is 5.98. The zero-order valence-corrected chi connectivity index (χ0v) is 13.2. The monoisotopic (exact) mass is 316 g/mol. The van der Waals surface area contributed by atoms with E-state index in [1.807, 2.05) is 32.0 Å². The third-order valence-corrected chi connectivity index (χ3v) is 4.04. The summed E-state index contributed by atoms with van der Waals surface area (Å²) in [5.41, 5.74) is 2.08. The van der Waals surface area contributed by atoms with Crippen LogP contribution in [0, 0.1) is 6.92 Å². The number of benzene rings is 1. The molecule has 2 aromatic rings. The summed E-state index contributed by atoms with van der Waals surface area (Å²) in [5, 5.41) is 17.8. The molecule has 2 heterocycles. The lowest BCUT2D eigenvalue weighted by Crippen LogP contribution is -2.53. The summed E-state index contributed by atoms with van der Waals surface area (Å²) in [6, 6.07) is 5.55. The first kappa shape index (κ1) is 15.6. The summed E-state index contributed by atoms with van der Waals surface area (Å²) in [7, 11) is 0. The molecule has 0 saturated carbocycles. The first-order valence-corrected chi connectivity index (χ1v) is 7.64. The van der Waals surface area contributed by atoms with Gasteiger partial charge in [0.25, 0.3) is 5.91 Å². The molecule has 1 aliphatic heterocycles. The number of amides is 1. The second kappa shape index (κ2) is 6.47. The van der Waals surface area contributed by atoms with E-state index < -0.39 is 6.23 Å². The zero-order valence-electron chi connectivity index (χ0n) is 13.2. The van der Waals surface area contributed by atoms with Crippen LogP contribution in [-0.2, 0) is 4.74 Å². The number of carbonyl (C=O) groups is 1. The predicted molar refractivity (Wildman–Crippen MR) is 83.2 cm³/mol. The number of aryl methyl sites for hydroxylation is 1. The van der Waals surface area contributed by atoms with E-state index in [4.69, 9.17) is 4.74 Å². The molecule has 1 aromatic heterocycles. The fourth-order valence-electron chi connectivity index (χ4n) is 2.82. The minimum absolute atomic E-state index is 0.00709. The minimum Gasteiger partial charge on any atom is -0.392 e. The first-order valence-electron chi connectivity index (χ1n) is 7.64. The molecule has 0 radical (unpaired) electrons.